The van der Waals surface area contributed by atoms with E-state index in [2.05, 4.69) is 11.8 Å². The monoisotopic (exact) mass is 368 g/mol. The predicted octanol–water partition coefficient (Wildman–Crippen LogP) is 1.70. The molecule has 7 heteroatoms. The molecule has 6 nitrogen and oxygen atoms in total. The van der Waals surface area contributed by atoms with Gasteiger partial charge in [-0.15, -0.1) is 0 Å². The largest absolute Gasteiger partial charge is 0.465 e. The number of hydrogen-bond acceptors (Lipinski definition) is 5. The highest BCUT2D eigenvalue weighted by Gasteiger charge is 2.48. The average molecular weight is 368 g/mol. The van der Waals surface area contributed by atoms with Crippen LogP contribution >= 0.6 is 0 Å². The Hall–Kier alpha value is -1.34. The number of aryl methyl sites for hydroxylation is 1. The molecule has 0 saturated carbocycles. The van der Waals surface area contributed by atoms with Gasteiger partial charge in [0.1, 0.15) is 11.5 Å². The van der Waals surface area contributed by atoms with Crippen LogP contribution < -0.4 is 0 Å². The number of carbonyl (C=O) groups excluding carboxylic acids is 1. The average Bonchev–Trinajstić information content (AvgIpc) is 3.10. The van der Waals surface area contributed by atoms with E-state index in [1.54, 1.807) is 4.90 Å². The normalized spacial score (nSPS) is 26.2. The number of nitrogens with zero attached hydrogens (tertiary/aromatic N) is 2. The first-order chi connectivity index (χ1) is 11.8. The van der Waals surface area contributed by atoms with Crippen molar-refractivity contribution in [3.05, 3.63) is 23.7 Å². The molecule has 0 aliphatic carbocycles. The predicted molar refractivity (Wildman–Crippen MR) is 95.9 cm³/mol. The summed E-state index contributed by atoms with van der Waals surface area (Å²) in [7, 11) is -3.12. The highest BCUT2D eigenvalue weighted by molar-refractivity contribution is 7.91. The second-order valence-corrected chi connectivity index (χ2v) is 9.64. The fourth-order valence-electron chi connectivity index (χ4n) is 3.91. The Morgan fingerprint density at radius 2 is 1.88 bits per heavy atom. The van der Waals surface area contributed by atoms with Gasteiger partial charge in [0.05, 0.1) is 24.1 Å². The van der Waals surface area contributed by atoms with E-state index in [1.807, 2.05) is 26.0 Å². The third-order valence-electron chi connectivity index (χ3n) is 5.14. The summed E-state index contributed by atoms with van der Waals surface area (Å²) in [4.78, 5) is 16.5. The van der Waals surface area contributed by atoms with Crippen molar-refractivity contribution in [3.8, 4) is 0 Å². The van der Waals surface area contributed by atoms with Crippen molar-refractivity contribution in [3.63, 3.8) is 0 Å². The number of furan rings is 1. The van der Waals surface area contributed by atoms with Crippen molar-refractivity contribution in [2.24, 2.45) is 5.92 Å². The van der Waals surface area contributed by atoms with Gasteiger partial charge in [-0.2, -0.15) is 0 Å². The number of fused-ring (bicyclic) bond motifs is 1. The third kappa shape index (κ3) is 3.92. The van der Waals surface area contributed by atoms with Crippen molar-refractivity contribution in [1.29, 1.82) is 0 Å². The number of sulfone groups is 1. The highest BCUT2D eigenvalue weighted by atomic mass is 32.2. The second kappa shape index (κ2) is 7.11. The molecule has 2 fully saturated rings. The molecule has 0 unspecified atom stereocenters. The maximum absolute atomic E-state index is 12.5. The molecule has 2 atom stereocenters. The zero-order chi connectivity index (χ0) is 18.2. The van der Waals surface area contributed by atoms with Crippen LogP contribution in [0.3, 0.4) is 0 Å². The number of hydrogen-bond donors (Lipinski definition) is 0. The maximum atomic E-state index is 12.5. The van der Waals surface area contributed by atoms with E-state index in [-0.39, 0.29) is 35.4 Å². The minimum absolute atomic E-state index is 0.0509. The Labute approximate surface area is 150 Å². The Morgan fingerprint density at radius 3 is 2.56 bits per heavy atom. The van der Waals surface area contributed by atoms with Gasteiger partial charge in [0.25, 0.3) is 0 Å². The van der Waals surface area contributed by atoms with Gasteiger partial charge in [-0.25, -0.2) is 8.42 Å². The van der Waals surface area contributed by atoms with Gasteiger partial charge in [-0.05, 0) is 18.6 Å². The van der Waals surface area contributed by atoms with Crippen molar-refractivity contribution >= 4 is 15.7 Å². The SMILES string of the molecule is CCCc1ccc(CN2CCN(C(=O)C(C)C)[C@@H]3CS(=O)(=O)C[C@@H]32)o1. The Morgan fingerprint density at radius 1 is 1.20 bits per heavy atom. The van der Waals surface area contributed by atoms with Crippen LogP contribution in [0, 0.1) is 5.92 Å². The van der Waals surface area contributed by atoms with Crippen LogP contribution in [0.5, 0.6) is 0 Å². The van der Waals surface area contributed by atoms with Gasteiger partial charge < -0.3 is 9.32 Å². The van der Waals surface area contributed by atoms with E-state index < -0.39 is 9.84 Å². The number of rotatable bonds is 5. The van der Waals surface area contributed by atoms with Crippen LogP contribution in [0.15, 0.2) is 16.5 Å². The zero-order valence-corrected chi connectivity index (χ0v) is 16.1. The summed E-state index contributed by atoms with van der Waals surface area (Å²) < 4.78 is 30.3. The van der Waals surface area contributed by atoms with Crippen molar-refractivity contribution in [1.82, 2.24) is 9.80 Å². The molecular weight excluding hydrogens is 340 g/mol. The van der Waals surface area contributed by atoms with Crippen LogP contribution in [0.1, 0.15) is 38.7 Å². The molecule has 0 aromatic carbocycles. The number of carbonyl (C=O) groups is 1. The quantitative estimate of drug-likeness (QED) is 0.791. The van der Waals surface area contributed by atoms with Crippen molar-refractivity contribution in [2.45, 2.75) is 52.2 Å². The summed E-state index contributed by atoms with van der Waals surface area (Å²) >= 11 is 0. The van der Waals surface area contributed by atoms with Crippen molar-refractivity contribution < 1.29 is 17.6 Å². The molecule has 3 heterocycles. The molecular formula is C18H28N2O4S. The first-order valence-electron chi connectivity index (χ1n) is 9.13. The third-order valence-corrected chi connectivity index (χ3v) is 6.84. The Balaban J connectivity index is 1.77. The van der Waals surface area contributed by atoms with E-state index in [1.165, 1.54) is 0 Å². The van der Waals surface area contributed by atoms with Crippen molar-refractivity contribution in [2.75, 3.05) is 24.6 Å². The Bertz CT molecular complexity index is 725. The van der Waals surface area contributed by atoms with Crippen LogP contribution in [-0.4, -0.2) is 60.8 Å². The molecule has 140 valence electrons. The number of piperazine rings is 1. The summed E-state index contributed by atoms with van der Waals surface area (Å²) in [5.74, 6) is 1.98. The fraction of sp³-hybridized carbons (Fsp3) is 0.722. The van der Waals surface area contributed by atoms with E-state index in [4.69, 9.17) is 4.42 Å². The van der Waals surface area contributed by atoms with Crippen LogP contribution in [0.25, 0.3) is 0 Å². The lowest BCUT2D eigenvalue weighted by Crippen LogP contribution is -2.60. The topological polar surface area (TPSA) is 70.8 Å². The molecule has 25 heavy (non-hydrogen) atoms. The van der Waals surface area contributed by atoms with E-state index in [0.29, 0.717) is 19.6 Å². The van der Waals surface area contributed by atoms with Crippen LogP contribution in [0.2, 0.25) is 0 Å². The summed E-state index contributed by atoms with van der Waals surface area (Å²) in [6.45, 7) is 7.71. The van der Waals surface area contributed by atoms with Gasteiger partial charge in [0.2, 0.25) is 5.91 Å². The standard InChI is InChI=1S/C18H28N2O4S/c1-4-5-14-6-7-15(24-14)10-19-8-9-20(18(21)13(2)3)17-12-25(22,23)11-16(17)19/h6-7,13,16-17H,4-5,8-12H2,1-3H3/t16-,17+/m0/s1. The molecule has 0 radical (unpaired) electrons. The molecule has 1 amide bonds. The molecule has 1 aromatic heterocycles. The molecule has 2 saturated heterocycles. The van der Waals surface area contributed by atoms with Gasteiger partial charge in [-0.1, -0.05) is 20.8 Å². The van der Waals surface area contributed by atoms with E-state index in [9.17, 15) is 13.2 Å². The summed E-state index contributed by atoms with van der Waals surface area (Å²) in [6, 6.07) is 3.61. The van der Waals surface area contributed by atoms with Gasteiger partial charge in [0.15, 0.2) is 9.84 Å². The van der Waals surface area contributed by atoms with Gasteiger partial charge >= 0.3 is 0 Å². The molecule has 0 spiro atoms. The molecule has 0 bridgehead atoms. The van der Waals surface area contributed by atoms with Gasteiger partial charge in [0, 0.05) is 31.5 Å². The number of amides is 1. The summed E-state index contributed by atoms with van der Waals surface area (Å²) in [5.41, 5.74) is 0. The fourth-order valence-corrected chi connectivity index (χ4v) is 5.93. The molecule has 2 aliphatic heterocycles. The van der Waals surface area contributed by atoms with Crippen LogP contribution in [-0.2, 0) is 27.6 Å². The maximum Gasteiger partial charge on any atom is 0.225 e. The summed E-state index contributed by atoms with van der Waals surface area (Å²) in [6.07, 6.45) is 1.95. The lowest BCUT2D eigenvalue weighted by molar-refractivity contribution is -0.140. The molecule has 2 aliphatic rings. The minimum atomic E-state index is -3.12. The van der Waals surface area contributed by atoms with E-state index in [0.717, 1.165) is 24.4 Å². The lowest BCUT2D eigenvalue weighted by Gasteiger charge is -2.44. The van der Waals surface area contributed by atoms with Gasteiger partial charge in [-0.3, -0.25) is 9.69 Å². The first-order valence-corrected chi connectivity index (χ1v) is 11.0. The molecule has 0 N–H and O–H groups in total. The highest BCUT2D eigenvalue weighted by Crippen LogP contribution is 2.29. The Kier molecular flexibility index (Phi) is 5.25. The minimum Gasteiger partial charge on any atom is -0.465 e. The van der Waals surface area contributed by atoms with Crippen LogP contribution in [0.4, 0.5) is 0 Å². The smallest absolute Gasteiger partial charge is 0.225 e. The second-order valence-electron chi connectivity index (χ2n) is 7.49. The molecule has 1 aromatic rings. The zero-order valence-electron chi connectivity index (χ0n) is 15.3. The first kappa shape index (κ1) is 18.5. The summed E-state index contributed by atoms with van der Waals surface area (Å²) in [5, 5.41) is 0. The lowest BCUT2D eigenvalue weighted by atomic mass is 10.0. The van der Waals surface area contributed by atoms with E-state index >= 15 is 0 Å². The molecule has 3 rings (SSSR count).